The fourth-order valence-corrected chi connectivity index (χ4v) is 5.60. The molecule has 2 aromatic heterocycles. The zero-order valence-corrected chi connectivity index (χ0v) is 17.9. The number of benzene rings is 1. The number of amides is 1. The van der Waals surface area contributed by atoms with E-state index in [1.165, 1.54) is 41.3 Å². The molecule has 0 spiro atoms. The van der Waals surface area contributed by atoms with Crippen LogP contribution in [0.5, 0.6) is 5.75 Å². The highest BCUT2D eigenvalue weighted by molar-refractivity contribution is 7.15. The molecule has 3 heterocycles. The average molecular weight is 410 g/mol. The monoisotopic (exact) mass is 409 g/mol. The van der Waals surface area contributed by atoms with Crippen LogP contribution in [0, 0.1) is 6.92 Å². The van der Waals surface area contributed by atoms with Crippen LogP contribution in [0.15, 0.2) is 29.6 Å². The first kappa shape index (κ1) is 18.7. The maximum Gasteiger partial charge on any atom is 0.227 e. The first-order valence-electron chi connectivity index (χ1n) is 10.5. The fourth-order valence-electron chi connectivity index (χ4n) is 4.53. The molecule has 1 amide bonds. The summed E-state index contributed by atoms with van der Waals surface area (Å²) in [6.07, 6.45) is 5.27. The second-order valence-corrected chi connectivity index (χ2v) is 9.21. The average Bonchev–Trinajstić information content (AvgIpc) is 3.39. The van der Waals surface area contributed by atoms with E-state index < -0.39 is 0 Å². The Kier molecular flexibility index (Phi) is 4.82. The van der Waals surface area contributed by atoms with E-state index in [0.717, 1.165) is 30.8 Å². The Labute approximate surface area is 175 Å². The van der Waals surface area contributed by atoms with E-state index in [2.05, 4.69) is 16.7 Å². The molecule has 3 aromatic rings. The number of carbonyl (C=O) groups excluding carboxylic acids is 1. The largest absolute Gasteiger partial charge is 0.497 e. The van der Waals surface area contributed by atoms with Crippen molar-refractivity contribution >= 4 is 22.1 Å². The lowest BCUT2D eigenvalue weighted by molar-refractivity contribution is -0.129. The molecule has 6 heteroatoms. The number of fused-ring (bicyclic) bond motifs is 1. The van der Waals surface area contributed by atoms with Crippen molar-refractivity contribution in [3.05, 3.63) is 52.4 Å². The number of methoxy groups -OCH3 is 1. The Hall–Kier alpha value is -2.34. The molecule has 5 nitrogen and oxygen atoms in total. The molecule has 1 aliphatic heterocycles. The van der Waals surface area contributed by atoms with Gasteiger partial charge in [-0.1, -0.05) is 18.6 Å². The van der Waals surface area contributed by atoms with Gasteiger partial charge in [-0.25, -0.2) is 4.98 Å². The topological polar surface area (TPSA) is 46.8 Å². The molecule has 5 rings (SSSR count). The van der Waals surface area contributed by atoms with Gasteiger partial charge < -0.3 is 9.64 Å². The zero-order valence-electron chi connectivity index (χ0n) is 17.1. The van der Waals surface area contributed by atoms with Crippen LogP contribution in [-0.2, 0) is 11.2 Å². The van der Waals surface area contributed by atoms with E-state index in [1.807, 2.05) is 29.2 Å². The van der Waals surface area contributed by atoms with Gasteiger partial charge in [-0.05, 0) is 43.9 Å². The van der Waals surface area contributed by atoms with Crippen LogP contribution >= 0.6 is 11.3 Å². The summed E-state index contributed by atoms with van der Waals surface area (Å²) in [5.41, 5.74) is 3.53. The summed E-state index contributed by atoms with van der Waals surface area (Å²) in [7, 11) is 1.66. The Morgan fingerprint density at radius 3 is 2.69 bits per heavy atom. The van der Waals surface area contributed by atoms with Gasteiger partial charge in [0, 0.05) is 36.0 Å². The van der Waals surface area contributed by atoms with Crippen molar-refractivity contribution in [2.75, 3.05) is 20.2 Å². The molecular formula is C23H27N3O2S. The van der Waals surface area contributed by atoms with E-state index in [4.69, 9.17) is 9.72 Å². The number of carbonyl (C=O) groups is 1. The van der Waals surface area contributed by atoms with Gasteiger partial charge in [0.15, 0.2) is 0 Å². The SMILES string of the molecule is COc1ccc(CC(=O)N2CC[C@H](c3nc(C4CCC4)n4c(C)csc34)C2)cc1. The van der Waals surface area contributed by atoms with E-state index in [1.54, 1.807) is 18.4 Å². The lowest BCUT2D eigenvalue weighted by Gasteiger charge is -2.24. The summed E-state index contributed by atoms with van der Waals surface area (Å²) < 4.78 is 7.58. The quantitative estimate of drug-likeness (QED) is 0.622. The third-order valence-electron chi connectivity index (χ3n) is 6.49. The number of aromatic nitrogens is 2. The van der Waals surface area contributed by atoms with Crippen LogP contribution in [0.1, 0.15) is 60.3 Å². The zero-order chi connectivity index (χ0) is 20.0. The summed E-state index contributed by atoms with van der Waals surface area (Å²) in [6.45, 7) is 3.78. The van der Waals surface area contributed by atoms with Gasteiger partial charge in [0.2, 0.25) is 5.91 Å². The summed E-state index contributed by atoms with van der Waals surface area (Å²) >= 11 is 1.80. The molecule has 29 heavy (non-hydrogen) atoms. The highest BCUT2D eigenvalue weighted by Gasteiger charge is 2.33. The van der Waals surface area contributed by atoms with Crippen LogP contribution < -0.4 is 4.74 Å². The molecule has 1 aliphatic carbocycles. The van der Waals surface area contributed by atoms with Gasteiger partial charge in [0.25, 0.3) is 0 Å². The fraction of sp³-hybridized carbons (Fsp3) is 0.478. The molecule has 1 saturated heterocycles. The number of ether oxygens (including phenoxy) is 1. The van der Waals surface area contributed by atoms with E-state index in [9.17, 15) is 4.79 Å². The first-order valence-corrected chi connectivity index (χ1v) is 11.4. The lowest BCUT2D eigenvalue weighted by Crippen LogP contribution is -2.29. The van der Waals surface area contributed by atoms with Crippen LogP contribution in [0.25, 0.3) is 4.83 Å². The molecule has 2 aliphatic rings. The molecule has 0 unspecified atom stereocenters. The number of hydrogen-bond donors (Lipinski definition) is 0. The second kappa shape index (κ2) is 7.48. The van der Waals surface area contributed by atoms with Gasteiger partial charge in [-0.15, -0.1) is 11.3 Å². The van der Waals surface area contributed by atoms with Crippen molar-refractivity contribution < 1.29 is 9.53 Å². The predicted octanol–water partition coefficient (Wildman–Crippen LogP) is 4.54. The molecule has 1 atom stereocenters. The van der Waals surface area contributed by atoms with Crippen molar-refractivity contribution in [1.82, 2.24) is 14.3 Å². The Morgan fingerprint density at radius 1 is 1.21 bits per heavy atom. The highest BCUT2D eigenvalue weighted by Crippen LogP contribution is 2.41. The van der Waals surface area contributed by atoms with Crippen molar-refractivity contribution in [1.29, 1.82) is 0 Å². The maximum atomic E-state index is 12.9. The summed E-state index contributed by atoms with van der Waals surface area (Å²) in [6, 6.07) is 7.78. The van der Waals surface area contributed by atoms with Gasteiger partial charge in [0.1, 0.15) is 16.4 Å². The molecule has 152 valence electrons. The van der Waals surface area contributed by atoms with Crippen LogP contribution in [0.4, 0.5) is 0 Å². The van der Waals surface area contributed by atoms with Crippen molar-refractivity contribution in [2.45, 2.75) is 50.9 Å². The molecule has 0 radical (unpaired) electrons. The van der Waals surface area contributed by atoms with Crippen molar-refractivity contribution in [3.63, 3.8) is 0 Å². The van der Waals surface area contributed by atoms with Crippen LogP contribution in [0.3, 0.4) is 0 Å². The Morgan fingerprint density at radius 2 is 2.00 bits per heavy atom. The van der Waals surface area contributed by atoms with Crippen molar-refractivity contribution in [3.8, 4) is 5.75 Å². The second-order valence-electron chi connectivity index (χ2n) is 8.35. The number of imidazole rings is 1. The van der Waals surface area contributed by atoms with Crippen molar-refractivity contribution in [2.24, 2.45) is 0 Å². The summed E-state index contributed by atoms with van der Waals surface area (Å²) in [5, 5.41) is 2.24. The number of aryl methyl sites for hydroxylation is 1. The minimum absolute atomic E-state index is 0.203. The van der Waals surface area contributed by atoms with E-state index in [0.29, 0.717) is 18.3 Å². The van der Waals surface area contributed by atoms with Gasteiger partial charge in [-0.3, -0.25) is 9.20 Å². The third kappa shape index (κ3) is 3.33. The standard InChI is InChI=1S/C23H27N3O2S/c1-15-14-29-23-21(24-22(26(15)23)17-4-3-5-17)18-10-11-25(13-18)20(27)12-16-6-8-19(28-2)9-7-16/h6-9,14,17-18H,3-5,10-13H2,1-2H3/t18-/m0/s1. The number of hydrogen-bond acceptors (Lipinski definition) is 4. The summed E-state index contributed by atoms with van der Waals surface area (Å²) in [5.74, 6) is 3.23. The summed E-state index contributed by atoms with van der Waals surface area (Å²) in [4.78, 5) is 21.3. The smallest absolute Gasteiger partial charge is 0.227 e. The van der Waals surface area contributed by atoms with E-state index in [-0.39, 0.29) is 5.91 Å². The number of rotatable bonds is 5. The van der Waals surface area contributed by atoms with Crippen LogP contribution in [-0.4, -0.2) is 40.4 Å². The lowest BCUT2D eigenvalue weighted by atomic mass is 9.85. The predicted molar refractivity (Wildman–Crippen MR) is 115 cm³/mol. The van der Waals surface area contributed by atoms with Gasteiger partial charge >= 0.3 is 0 Å². The number of likely N-dealkylation sites (tertiary alicyclic amines) is 1. The minimum Gasteiger partial charge on any atom is -0.497 e. The number of thiazole rings is 1. The van der Waals surface area contributed by atoms with Gasteiger partial charge in [0.05, 0.1) is 19.2 Å². The van der Waals surface area contributed by atoms with Gasteiger partial charge in [-0.2, -0.15) is 0 Å². The Bertz CT molecular complexity index is 1030. The highest BCUT2D eigenvalue weighted by atomic mass is 32.1. The first-order chi connectivity index (χ1) is 14.1. The molecule has 1 saturated carbocycles. The van der Waals surface area contributed by atoms with E-state index >= 15 is 0 Å². The Balaban J connectivity index is 1.32. The van der Waals surface area contributed by atoms with Crippen LogP contribution in [0.2, 0.25) is 0 Å². The normalized spacial score (nSPS) is 19.7. The third-order valence-corrected chi connectivity index (χ3v) is 7.57. The molecule has 1 aromatic carbocycles. The molecule has 0 N–H and O–H groups in total. The molecule has 2 fully saturated rings. The minimum atomic E-state index is 0.203. The maximum absolute atomic E-state index is 12.9. The molecular weight excluding hydrogens is 382 g/mol. The molecule has 0 bridgehead atoms. The number of nitrogens with zero attached hydrogens (tertiary/aromatic N) is 3.